The van der Waals surface area contributed by atoms with Crippen LogP contribution in [0.5, 0.6) is 0 Å². The van der Waals surface area contributed by atoms with Gasteiger partial charge in [-0.05, 0) is 115 Å². The SMILES string of the molecule is C=C(/C=C(\C=C(/C)c1ccccc1)c1ccc2c(c1)-c1ccccc1C2c1cccc2c1CCc1ccccc1-2)c1ccccc1. The van der Waals surface area contributed by atoms with Gasteiger partial charge in [-0.3, -0.25) is 0 Å². The van der Waals surface area contributed by atoms with E-state index in [9.17, 15) is 0 Å². The average Bonchev–Trinajstić information content (AvgIpc) is 3.45. The molecule has 46 heavy (non-hydrogen) atoms. The molecule has 0 fully saturated rings. The molecule has 0 nitrogen and oxygen atoms in total. The van der Waals surface area contributed by atoms with Gasteiger partial charge in [0.25, 0.3) is 0 Å². The van der Waals surface area contributed by atoms with Crippen LogP contribution in [0.2, 0.25) is 0 Å². The lowest BCUT2D eigenvalue weighted by molar-refractivity contribution is 0.893. The first kappa shape index (κ1) is 28.0. The molecule has 0 saturated heterocycles. The summed E-state index contributed by atoms with van der Waals surface area (Å²) >= 11 is 0. The summed E-state index contributed by atoms with van der Waals surface area (Å²) in [5, 5.41) is 0. The Morgan fingerprint density at radius 2 is 1.15 bits per heavy atom. The molecule has 6 aromatic carbocycles. The van der Waals surface area contributed by atoms with Crippen molar-refractivity contribution in [3.63, 3.8) is 0 Å². The second kappa shape index (κ2) is 11.8. The summed E-state index contributed by atoms with van der Waals surface area (Å²) in [5.74, 6) is 0.216. The molecule has 0 amide bonds. The van der Waals surface area contributed by atoms with Crippen LogP contribution in [-0.4, -0.2) is 0 Å². The molecule has 0 aliphatic heterocycles. The van der Waals surface area contributed by atoms with Gasteiger partial charge in [0.1, 0.15) is 0 Å². The van der Waals surface area contributed by atoms with E-state index >= 15 is 0 Å². The van der Waals surface area contributed by atoms with Crippen LogP contribution < -0.4 is 0 Å². The van der Waals surface area contributed by atoms with Gasteiger partial charge in [0.15, 0.2) is 0 Å². The zero-order chi connectivity index (χ0) is 31.0. The van der Waals surface area contributed by atoms with Gasteiger partial charge in [0.05, 0.1) is 0 Å². The fourth-order valence-electron chi connectivity index (χ4n) is 7.53. The van der Waals surface area contributed by atoms with Crippen molar-refractivity contribution in [1.29, 1.82) is 0 Å². The lowest BCUT2D eigenvalue weighted by Crippen LogP contribution is -2.10. The standard InChI is InChI=1S/C46H36/c1-31(33-14-5-3-6-15-33)28-37(29-32(2)34-16-7-4-8-17-34)36-25-27-44-45(30-36)40-20-11-12-21-42(40)46(44)43-23-13-22-39-38-19-10-9-18-35(38)24-26-41(39)43/h3-23,25,27-30,46H,1,24,26H2,2H3/b32-29+,37-28+. The van der Waals surface area contributed by atoms with Crippen molar-refractivity contribution < 1.29 is 0 Å². The Morgan fingerprint density at radius 3 is 1.96 bits per heavy atom. The summed E-state index contributed by atoms with van der Waals surface area (Å²) in [6, 6.07) is 53.1. The van der Waals surface area contributed by atoms with E-state index in [0.717, 1.165) is 29.6 Å². The van der Waals surface area contributed by atoms with Crippen molar-refractivity contribution in [2.24, 2.45) is 0 Å². The number of hydrogen-bond acceptors (Lipinski definition) is 0. The molecule has 0 spiro atoms. The van der Waals surface area contributed by atoms with Gasteiger partial charge in [-0.25, -0.2) is 0 Å². The summed E-state index contributed by atoms with van der Waals surface area (Å²) in [6.07, 6.45) is 6.72. The minimum Gasteiger partial charge on any atom is -0.0911 e. The molecule has 0 N–H and O–H groups in total. The van der Waals surface area contributed by atoms with Crippen molar-refractivity contribution in [2.75, 3.05) is 0 Å². The third-order valence-electron chi connectivity index (χ3n) is 9.81. The molecule has 2 aliphatic carbocycles. The molecular weight excluding hydrogens is 553 g/mol. The zero-order valence-electron chi connectivity index (χ0n) is 26.2. The van der Waals surface area contributed by atoms with Gasteiger partial charge < -0.3 is 0 Å². The van der Waals surface area contributed by atoms with E-state index in [1.165, 1.54) is 66.8 Å². The Balaban J connectivity index is 1.27. The second-order valence-corrected chi connectivity index (χ2v) is 12.5. The van der Waals surface area contributed by atoms with Crippen molar-refractivity contribution >= 4 is 16.7 Å². The zero-order valence-corrected chi connectivity index (χ0v) is 26.2. The van der Waals surface area contributed by atoms with E-state index in [0.29, 0.717) is 0 Å². The Hall–Kier alpha value is -5.46. The summed E-state index contributed by atoms with van der Waals surface area (Å²) in [6.45, 7) is 6.68. The molecule has 6 aromatic rings. The quantitative estimate of drug-likeness (QED) is 0.170. The van der Waals surface area contributed by atoms with E-state index in [-0.39, 0.29) is 5.92 Å². The highest BCUT2D eigenvalue weighted by molar-refractivity contribution is 5.93. The largest absolute Gasteiger partial charge is 0.0911 e. The van der Waals surface area contributed by atoms with E-state index in [1.54, 1.807) is 0 Å². The molecule has 0 saturated carbocycles. The fourth-order valence-corrected chi connectivity index (χ4v) is 7.53. The van der Waals surface area contributed by atoms with Crippen LogP contribution >= 0.6 is 0 Å². The maximum atomic E-state index is 4.48. The van der Waals surface area contributed by atoms with Crippen molar-refractivity contribution in [1.82, 2.24) is 0 Å². The van der Waals surface area contributed by atoms with Crippen LogP contribution in [0.25, 0.3) is 39.0 Å². The van der Waals surface area contributed by atoms with Crippen molar-refractivity contribution in [3.05, 3.63) is 209 Å². The molecular formula is C46H36. The summed E-state index contributed by atoms with van der Waals surface area (Å²) in [7, 11) is 0. The van der Waals surface area contributed by atoms with Gasteiger partial charge >= 0.3 is 0 Å². The first-order valence-electron chi connectivity index (χ1n) is 16.3. The van der Waals surface area contributed by atoms with Gasteiger partial charge in [-0.2, -0.15) is 0 Å². The lowest BCUT2D eigenvalue weighted by atomic mass is 9.78. The maximum Gasteiger partial charge on any atom is 0.0355 e. The molecule has 8 rings (SSSR count). The predicted molar refractivity (Wildman–Crippen MR) is 196 cm³/mol. The Labute approximate surface area is 272 Å². The first-order chi connectivity index (χ1) is 22.7. The number of hydrogen-bond donors (Lipinski definition) is 0. The molecule has 0 bridgehead atoms. The van der Waals surface area contributed by atoms with Crippen molar-refractivity contribution in [2.45, 2.75) is 25.7 Å². The van der Waals surface area contributed by atoms with Crippen LogP contribution in [0, 0.1) is 0 Å². The Morgan fingerprint density at radius 1 is 0.522 bits per heavy atom. The third-order valence-corrected chi connectivity index (χ3v) is 9.81. The maximum absolute atomic E-state index is 4.48. The normalized spacial score (nSPS) is 15.0. The minimum absolute atomic E-state index is 0.216. The number of aryl methyl sites for hydroxylation is 1. The Kier molecular flexibility index (Phi) is 7.20. The van der Waals surface area contributed by atoms with Crippen LogP contribution in [-0.2, 0) is 12.8 Å². The minimum atomic E-state index is 0.216. The van der Waals surface area contributed by atoms with Crippen LogP contribution in [0.1, 0.15) is 57.3 Å². The molecule has 220 valence electrons. The second-order valence-electron chi connectivity index (χ2n) is 12.5. The monoisotopic (exact) mass is 588 g/mol. The van der Waals surface area contributed by atoms with Crippen LogP contribution in [0.15, 0.2) is 164 Å². The number of rotatable bonds is 6. The van der Waals surface area contributed by atoms with E-state index in [1.807, 2.05) is 0 Å². The molecule has 2 aliphatic rings. The van der Waals surface area contributed by atoms with E-state index in [2.05, 4.69) is 171 Å². The first-order valence-corrected chi connectivity index (χ1v) is 16.3. The van der Waals surface area contributed by atoms with E-state index < -0.39 is 0 Å². The summed E-state index contributed by atoms with van der Waals surface area (Å²) in [4.78, 5) is 0. The predicted octanol–water partition coefficient (Wildman–Crippen LogP) is 11.8. The summed E-state index contributed by atoms with van der Waals surface area (Å²) in [5.41, 5.74) is 19.6. The topological polar surface area (TPSA) is 0 Å². The fraction of sp³-hybridized carbons (Fsp3) is 0.0870. The van der Waals surface area contributed by atoms with Crippen molar-refractivity contribution in [3.8, 4) is 22.3 Å². The smallest absolute Gasteiger partial charge is 0.0355 e. The van der Waals surface area contributed by atoms with Gasteiger partial charge in [0, 0.05) is 5.92 Å². The van der Waals surface area contributed by atoms with Crippen LogP contribution in [0.4, 0.5) is 0 Å². The molecule has 1 atom stereocenters. The Bertz CT molecular complexity index is 2160. The highest BCUT2D eigenvalue weighted by atomic mass is 14.4. The van der Waals surface area contributed by atoms with E-state index in [4.69, 9.17) is 0 Å². The summed E-state index contributed by atoms with van der Waals surface area (Å²) < 4.78 is 0. The highest BCUT2D eigenvalue weighted by Crippen LogP contribution is 2.51. The number of allylic oxidation sites excluding steroid dienone is 5. The average molecular weight is 589 g/mol. The number of benzene rings is 6. The number of fused-ring (bicyclic) bond motifs is 6. The lowest BCUT2D eigenvalue weighted by Gasteiger charge is -2.26. The van der Waals surface area contributed by atoms with Crippen LogP contribution in [0.3, 0.4) is 0 Å². The third kappa shape index (κ3) is 4.97. The molecule has 0 radical (unpaired) electrons. The molecule has 0 heteroatoms. The highest BCUT2D eigenvalue weighted by Gasteiger charge is 2.33. The van der Waals surface area contributed by atoms with Gasteiger partial charge in [-0.15, -0.1) is 0 Å². The molecule has 0 aromatic heterocycles. The van der Waals surface area contributed by atoms with Gasteiger partial charge in [-0.1, -0.05) is 152 Å². The van der Waals surface area contributed by atoms with Gasteiger partial charge in [0.2, 0.25) is 0 Å². The molecule has 1 unspecified atom stereocenters. The molecule has 0 heterocycles.